The zero-order valence-electron chi connectivity index (χ0n) is 15.5. The topological polar surface area (TPSA) is 78.5 Å². The van der Waals surface area contributed by atoms with Gasteiger partial charge in [0.25, 0.3) is 11.8 Å². The van der Waals surface area contributed by atoms with Gasteiger partial charge in [-0.1, -0.05) is 0 Å². The van der Waals surface area contributed by atoms with Crippen molar-refractivity contribution in [2.45, 2.75) is 26.7 Å². The number of hydrogen-bond acceptors (Lipinski definition) is 3. The van der Waals surface area contributed by atoms with Gasteiger partial charge in [0.2, 0.25) is 5.91 Å². The predicted molar refractivity (Wildman–Crippen MR) is 105 cm³/mol. The third-order valence-corrected chi connectivity index (χ3v) is 4.70. The summed E-state index contributed by atoms with van der Waals surface area (Å²) in [6.07, 6.45) is 1.06. The van der Waals surface area contributed by atoms with Crippen molar-refractivity contribution in [1.82, 2.24) is 4.90 Å². The molecule has 0 radical (unpaired) electrons. The number of nitrogens with zero attached hydrogens (tertiary/aromatic N) is 1. The Kier molecular flexibility index (Phi) is 5.54. The van der Waals surface area contributed by atoms with Gasteiger partial charge in [0.1, 0.15) is 0 Å². The fourth-order valence-corrected chi connectivity index (χ4v) is 3.12. The summed E-state index contributed by atoms with van der Waals surface area (Å²) in [4.78, 5) is 38.0. The van der Waals surface area contributed by atoms with Gasteiger partial charge in [-0.15, -0.1) is 0 Å². The highest BCUT2D eigenvalue weighted by atomic mass is 16.2. The molecule has 2 aromatic rings. The number of aryl methyl sites for hydroxylation is 1. The van der Waals surface area contributed by atoms with Gasteiger partial charge in [-0.25, -0.2) is 0 Å². The van der Waals surface area contributed by atoms with E-state index in [-0.39, 0.29) is 17.7 Å². The summed E-state index contributed by atoms with van der Waals surface area (Å²) in [5, 5.41) is 5.65. The average Bonchev–Trinajstić information content (AvgIpc) is 2.69. The number of rotatable bonds is 5. The van der Waals surface area contributed by atoms with Crippen LogP contribution in [0.25, 0.3) is 0 Å². The number of amides is 3. The van der Waals surface area contributed by atoms with Crippen LogP contribution < -0.4 is 10.6 Å². The molecule has 3 amide bonds. The molecule has 0 saturated heterocycles. The lowest BCUT2D eigenvalue weighted by atomic mass is 10.00. The van der Waals surface area contributed by atoms with Gasteiger partial charge in [0, 0.05) is 42.0 Å². The van der Waals surface area contributed by atoms with E-state index in [1.165, 1.54) is 0 Å². The number of fused-ring (bicyclic) bond motifs is 1. The predicted octanol–water partition coefficient (Wildman–Crippen LogP) is 3.31. The first-order chi connectivity index (χ1) is 13.0. The molecule has 1 heterocycles. The van der Waals surface area contributed by atoms with Crippen LogP contribution in [0.1, 0.15) is 46.5 Å². The van der Waals surface area contributed by atoms with Gasteiger partial charge in [0.05, 0.1) is 0 Å². The molecule has 0 bridgehead atoms. The smallest absolute Gasteiger partial charge is 0.255 e. The second-order valence-electron chi connectivity index (χ2n) is 6.43. The van der Waals surface area contributed by atoms with Gasteiger partial charge in [-0.2, -0.15) is 0 Å². The Morgan fingerprint density at radius 3 is 2.33 bits per heavy atom. The lowest BCUT2D eigenvalue weighted by Gasteiger charge is -2.19. The van der Waals surface area contributed by atoms with Gasteiger partial charge in [-0.3, -0.25) is 14.4 Å². The average molecular weight is 365 g/mol. The van der Waals surface area contributed by atoms with Crippen LogP contribution in [0.4, 0.5) is 11.4 Å². The molecule has 6 heteroatoms. The minimum atomic E-state index is -0.225. The van der Waals surface area contributed by atoms with Crippen LogP contribution in [-0.2, 0) is 11.2 Å². The first-order valence-electron chi connectivity index (χ1n) is 9.15. The quantitative estimate of drug-likeness (QED) is 0.853. The number of anilines is 2. The van der Waals surface area contributed by atoms with Crippen LogP contribution in [0.15, 0.2) is 42.5 Å². The lowest BCUT2D eigenvalue weighted by Crippen LogP contribution is -2.30. The molecule has 3 rings (SSSR count). The van der Waals surface area contributed by atoms with E-state index in [0.717, 1.165) is 11.3 Å². The third kappa shape index (κ3) is 4.16. The van der Waals surface area contributed by atoms with Crippen LogP contribution >= 0.6 is 0 Å². The zero-order valence-corrected chi connectivity index (χ0v) is 15.5. The van der Waals surface area contributed by atoms with Crippen molar-refractivity contribution >= 4 is 29.1 Å². The van der Waals surface area contributed by atoms with Crippen molar-refractivity contribution in [2.24, 2.45) is 0 Å². The van der Waals surface area contributed by atoms with Crippen molar-refractivity contribution < 1.29 is 14.4 Å². The SMILES string of the molecule is CCN(CC)C(=O)c1ccc(NC(=O)c2ccc3c(c2)CCC(=O)N3)cc1. The van der Waals surface area contributed by atoms with Crippen LogP contribution in [0, 0.1) is 0 Å². The summed E-state index contributed by atoms with van der Waals surface area (Å²) in [6.45, 7) is 5.21. The standard InChI is InChI=1S/C21H23N3O3/c1-3-24(4-2)21(27)14-5-9-17(10-6-14)22-20(26)16-7-11-18-15(13-16)8-12-19(25)23-18/h5-7,9-11,13H,3-4,8,12H2,1-2H3,(H,22,26)(H,23,25). The molecule has 0 aromatic heterocycles. The molecule has 140 valence electrons. The normalized spacial score (nSPS) is 12.7. The molecule has 0 atom stereocenters. The van der Waals surface area contributed by atoms with E-state index in [1.54, 1.807) is 41.3 Å². The number of nitrogens with one attached hydrogen (secondary N) is 2. The highest BCUT2D eigenvalue weighted by Crippen LogP contribution is 2.24. The summed E-state index contributed by atoms with van der Waals surface area (Å²) in [5.74, 6) is -0.244. The lowest BCUT2D eigenvalue weighted by molar-refractivity contribution is -0.116. The molecule has 1 aliphatic heterocycles. The maximum absolute atomic E-state index is 12.5. The van der Waals surface area contributed by atoms with Gasteiger partial charge < -0.3 is 15.5 Å². The molecule has 0 unspecified atom stereocenters. The van der Waals surface area contributed by atoms with E-state index < -0.39 is 0 Å². The van der Waals surface area contributed by atoms with E-state index in [9.17, 15) is 14.4 Å². The fraction of sp³-hybridized carbons (Fsp3) is 0.286. The van der Waals surface area contributed by atoms with Gasteiger partial charge in [-0.05, 0) is 68.3 Å². The first-order valence-corrected chi connectivity index (χ1v) is 9.15. The van der Waals surface area contributed by atoms with E-state index in [4.69, 9.17) is 0 Å². The molecular weight excluding hydrogens is 342 g/mol. The number of hydrogen-bond donors (Lipinski definition) is 2. The highest BCUT2D eigenvalue weighted by molar-refractivity contribution is 6.05. The Labute approximate surface area is 158 Å². The molecule has 0 saturated carbocycles. The minimum Gasteiger partial charge on any atom is -0.339 e. The monoisotopic (exact) mass is 365 g/mol. The highest BCUT2D eigenvalue weighted by Gasteiger charge is 2.17. The molecule has 27 heavy (non-hydrogen) atoms. The molecule has 0 aliphatic carbocycles. The van der Waals surface area contributed by atoms with Crippen LogP contribution in [-0.4, -0.2) is 35.7 Å². The third-order valence-electron chi connectivity index (χ3n) is 4.70. The van der Waals surface area contributed by atoms with Crippen LogP contribution in [0.3, 0.4) is 0 Å². The molecule has 0 fully saturated rings. The van der Waals surface area contributed by atoms with Crippen molar-refractivity contribution in [3.8, 4) is 0 Å². The largest absolute Gasteiger partial charge is 0.339 e. The Hall–Kier alpha value is -3.15. The maximum atomic E-state index is 12.5. The van der Waals surface area contributed by atoms with Crippen LogP contribution in [0.5, 0.6) is 0 Å². The second kappa shape index (κ2) is 8.03. The zero-order chi connectivity index (χ0) is 19.4. The molecule has 0 spiro atoms. The summed E-state index contributed by atoms with van der Waals surface area (Å²) in [6, 6.07) is 12.2. The minimum absolute atomic E-state index is 0.000880. The summed E-state index contributed by atoms with van der Waals surface area (Å²) in [7, 11) is 0. The summed E-state index contributed by atoms with van der Waals surface area (Å²) in [5.41, 5.74) is 3.49. The molecule has 6 nitrogen and oxygen atoms in total. The Morgan fingerprint density at radius 2 is 1.67 bits per heavy atom. The second-order valence-corrected chi connectivity index (χ2v) is 6.43. The van der Waals surface area contributed by atoms with Crippen molar-refractivity contribution in [3.63, 3.8) is 0 Å². The summed E-state index contributed by atoms with van der Waals surface area (Å²) >= 11 is 0. The van der Waals surface area contributed by atoms with Crippen molar-refractivity contribution in [3.05, 3.63) is 59.2 Å². The van der Waals surface area contributed by atoms with Gasteiger partial charge >= 0.3 is 0 Å². The molecule has 2 aromatic carbocycles. The van der Waals surface area contributed by atoms with Crippen molar-refractivity contribution in [1.29, 1.82) is 0 Å². The van der Waals surface area contributed by atoms with E-state index in [2.05, 4.69) is 10.6 Å². The van der Waals surface area contributed by atoms with E-state index in [0.29, 0.717) is 42.7 Å². The maximum Gasteiger partial charge on any atom is 0.255 e. The van der Waals surface area contributed by atoms with Crippen molar-refractivity contribution in [2.75, 3.05) is 23.7 Å². The Morgan fingerprint density at radius 1 is 1.00 bits per heavy atom. The Bertz CT molecular complexity index is 871. The van der Waals surface area contributed by atoms with E-state index in [1.807, 2.05) is 19.9 Å². The molecule has 2 N–H and O–H groups in total. The Balaban J connectivity index is 1.69. The van der Waals surface area contributed by atoms with Crippen LogP contribution in [0.2, 0.25) is 0 Å². The van der Waals surface area contributed by atoms with E-state index >= 15 is 0 Å². The number of carbonyl (C=O) groups excluding carboxylic acids is 3. The summed E-state index contributed by atoms with van der Waals surface area (Å²) < 4.78 is 0. The molecule has 1 aliphatic rings. The fourth-order valence-electron chi connectivity index (χ4n) is 3.12. The number of carbonyl (C=O) groups is 3. The van der Waals surface area contributed by atoms with Gasteiger partial charge in [0.15, 0.2) is 0 Å². The number of benzene rings is 2. The first kappa shape index (κ1) is 18.6. The molecular formula is C21H23N3O3.